The monoisotopic (exact) mass is 277 g/mol. The van der Waals surface area contributed by atoms with Crippen molar-refractivity contribution in [3.05, 3.63) is 76.9 Å². The summed E-state index contributed by atoms with van der Waals surface area (Å²) in [5.41, 5.74) is 3.56. The zero-order valence-corrected chi connectivity index (χ0v) is 11.7. The van der Waals surface area contributed by atoms with Crippen LogP contribution in [-0.4, -0.2) is 11.7 Å². The van der Waals surface area contributed by atoms with Crippen molar-refractivity contribution in [1.82, 2.24) is 0 Å². The summed E-state index contributed by atoms with van der Waals surface area (Å²) in [7, 11) is 0. The highest BCUT2D eigenvalue weighted by Gasteiger charge is 2.25. The third-order valence-electron chi connectivity index (χ3n) is 3.55. The van der Waals surface area contributed by atoms with Gasteiger partial charge in [-0.15, -0.1) is 0 Å². The van der Waals surface area contributed by atoms with Crippen LogP contribution in [0.5, 0.6) is 0 Å². The molecule has 0 aromatic heterocycles. The van der Waals surface area contributed by atoms with Crippen LogP contribution in [0.4, 0.5) is 5.69 Å². The maximum Gasteiger partial charge on any atom is 0.259 e. The number of rotatable bonds is 2. The van der Waals surface area contributed by atoms with Gasteiger partial charge < -0.3 is 5.32 Å². The summed E-state index contributed by atoms with van der Waals surface area (Å²) in [5.74, 6) is -0.554. The van der Waals surface area contributed by atoms with Crippen LogP contribution < -0.4 is 5.32 Å². The van der Waals surface area contributed by atoms with Crippen molar-refractivity contribution in [1.29, 1.82) is 0 Å². The van der Waals surface area contributed by atoms with Gasteiger partial charge in [0.15, 0.2) is 5.78 Å². The fourth-order valence-electron chi connectivity index (χ4n) is 2.49. The molecular formula is C18H15NO2. The van der Waals surface area contributed by atoms with Gasteiger partial charge in [-0.05, 0) is 36.6 Å². The molecule has 3 heteroatoms. The van der Waals surface area contributed by atoms with Gasteiger partial charge >= 0.3 is 0 Å². The van der Waals surface area contributed by atoms with Crippen molar-refractivity contribution in [2.75, 3.05) is 5.32 Å². The fourth-order valence-corrected chi connectivity index (χ4v) is 2.49. The number of Topliss-reactive ketones (excluding diaryl/α,β-unsaturated/α-hetero) is 1. The zero-order chi connectivity index (χ0) is 14.8. The number of amides is 1. The Hall–Kier alpha value is -2.68. The molecule has 1 N–H and O–H groups in total. The molecule has 0 atom stereocenters. The molecule has 0 spiro atoms. The summed E-state index contributed by atoms with van der Waals surface area (Å²) >= 11 is 0. The standard InChI is InChI=1S/C18H15NO2/c1-12-5-4-7-14(11-12)19-18(21)16-10-9-13-6-2-3-8-15(13)17(16)20/h2-8,10-11H,9H2,1H3,(H,19,21). The predicted molar refractivity (Wildman–Crippen MR) is 82.4 cm³/mol. The molecule has 0 aliphatic heterocycles. The van der Waals surface area contributed by atoms with Gasteiger partial charge in [0, 0.05) is 11.3 Å². The first-order chi connectivity index (χ1) is 10.1. The van der Waals surface area contributed by atoms with Crippen molar-refractivity contribution in [2.45, 2.75) is 13.3 Å². The van der Waals surface area contributed by atoms with Crippen LogP contribution in [0.2, 0.25) is 0 Å². The molecule has 0 saturated heterocycles. The van der Waals surface area contributed by atoms with Gasteiger partial charge in [-0.25, -0.2) is 0 Å². The van der Waals surface area contributed by atoms with Crippen LogP contribution in [0.25, 0.3) is 0 Å². The van der Waals surface area contributed by atoms with Gasteiger partial charge in [0.1, 0.15) is 0 Å². The number of aryl methyl sites for hydroxylation is 1. The molecule has 3 nitrogen and oxygen atoms in total. The number of hydrogen-bond acceptors (Lipinski definition) is 2. The van der Waals surface area contributed by atoms with Crippen molar-refractivity contribution >= 4 is 17.4 Å². The predicted octanol–water partition coefficient (Wildman–Crippen LogP) is 3.30. The number of fused-ring (bicyclic) bond motifs is 1. The second-order valence-corrected chi connectivity index (χ2v) is 5.13. The summed E-state index contributed by atoms with van der Waals surface area (Å²) in [6.45, 7) is 1.96. The highest BCUT2D eigenvalue weighted by atomic mass is 16.2. The molecule has 1 aliphatic rings. The van der Waals surface area contributed by atoms with E-state index in [2.05, 4.69) is 5.32 Å². The molecule has 1 amide bonds. The molecule has 21 heavy (non-hydrogen) atoms. The number of carbonyl (C=O) groups is 2. The minimum Gasteiger partial charge on any atom is -0.322 e. The minimum atomic E-state index is -0.347. The van der Waals surface area contributed by atoms with Gasteiger partial charge in [-0.3, -0.25) is 9.59 Å². The van der Waals surface area contributed by atoms with Crippen molar-refractivity contribution in [3.63, 3.8) is 0 Å². The van der Waals surface area contributed by atoms with Gasteiger partial charge in [0.25, 0.3) is 5.91 Å². The lowest BCUT2D eigenvalue weighted by molar-refractivity contribution is -0.112. The summed E-state index contributed by atoms with van der Waals surface area (Å²) < 4.78 is 0. The first kappa shape index (κ1) is 13.3. The van der Waals surface area contributed by atoms with Crippen LogP contribution >= 0.6 is 0 Å². The maximum atomic E-state index is 12.4. The first-order valence-electron chi connectivity index (χ1n) is 6.86. The van der Waals surface area contributed by atoms with E-state index in [1.807, 2.05) is 49.4 Å². The number of anilines is 1. The number of carbonyl (C=O) groups excluding carboxylic acids is 2. The van der Waals surface area contributed by atoms with E-state index in [0.29, 0.717) is 17.7 Å². The largest absolute Gasteiger partial charge is 0.322 e. The lowest BCUT2D eigenvalue weighted by Gasteiger charge is -2.15. The quantitative estimate of drug-likeness (QED) is 0.856. The summed E-state index contributed by atoms with van der Waals surface area (Å²) in [5, 5.41) is 2.79. The third-order valence-corrected chi connectivity index (χ3v) is 3.55. The van der Waals surface area contributed by atoms with Crippen LogP contribution in [0.3, 0.4) is 0 Å². The lowest BCUT2D eigenvalue weighted by atomic mass is 9.90. The van der Waals surface area contributed by atoms with E-state index in [0.717, 1.165) is 11.1 Å². The molecule has 0 radical (unpaired) electrons. The summed E-state index contributed by atoms with van der Waals surface area (Å²) in [4.78, 5) is 24.7. The van der Waals surface area contributed by atoms with Crippen LogP contribution in [-0.2, 0) is 11.2 Å². The SMILES string of the molecule is Cc1cccc(NC(=O)C2=CCc3ccccc3C2=O)c1. The van der Waals surface area contributed by atoms with Crippen LogP contribution in [0.15, 0.2) is 60.2 Å². The lowest BCUT2D eigenvalue weighted by Crippen LogP contribution is -2.24. The molecule has 0 unspecified atom stereocenters. The molecule has 0 saturated carbocycles. The van der Waals surface area contributed by atoms with E-state index < -0.39 is 0 Å². The van der Waals surface area contributed by atoms with Crippen LogP contribution in [0, 0.1) is 6.92 Å². The number of allylic oxidation sites excluding steroid dienone is 1. The Labute approximate surface area is 123 Å². The second-order valence-electron chi connectivity index (χ2n) is 5.13. The molecule has 0 fully saturated rings. The van der Waals surface area contributed by atoms with E-state index in [-0.39, 0.29) is 17.3 Å². The highest BCUT2D eigenvalue weighted by Crippen LogP contribution is 2.22. The molecular weight excluding hydrogens is 262 g/mol. The average Bonchev–Trinajstić information content (AvgIpc) is 2.48. The van der Waals surface area contributed by atoms with Crippen molar-refractivity contribution in [3.8, 4) is 0 Å². The molecule has 2 aromatic carbocycles. The number of nitrogens with one attached hydrogen (secondary N) is 1. The number of hydrogen-bond donors (Lipinski definition) is 1. The third kappa shape index (κ3) is 2.63. The Balaban J connectivity index is 1.83. The molecule has 0 bridgehead atoms. The van der Waals surface area contributed by atoms with E-state index in [9.17, 15) is 9.59 Å². The fraction of sp³-hybridized carbons (Fsp3) is 0.111. The van der Waals surface area contributed by atoms with E-state index in [4.69, 9.17) is 0 Å². The zero-order valence-electron chi connectivity index (χ0n) is 11.7. The summed E-state index contributed by atoms with van der Waals surface area (Å²) in [6.07, 6.45) is 2.31. The highest BCUT2D eigenvalue weighted by molar-refractivity contribution is 6.29. The Morgan fingerprint density at radius 1 is 1.10 bits per heavy atom. The van der Waals surface area contributed by atoms with Gasteiger partial charge in [0.05, 0.1) is 5.57 Å². The van der Waals surface area contributed by atoms with E-state index in [1.54, 1.807) is 12.1 Å². The molecule has 0 heterocycles. The number of ketones is 1. The Morgan fingerprint density at radius 3 is 2.71 bits per heavy atom. The molecule has 3 rings (SSSR count). The van der Waals surface area contributed by atoms with Gasteiger partial charge in [-0.1, -0.05) is 42.5 Å². The van der Waals surface area contributed by atoms with Gasteiger partial charge in [0.2, 0.25) is 0 Å². The summed E-state index contributed by atoms with van der Waals surface area (Å²) in [6, 6.07) is 14.9. The topological polar surface area (TPSA) is 46.2 Å². The number of benzene rings is 2. The Bertz CT molecular complexity index is 759. The van der Waals surface area contributed by atoms with Crippen molar-refractivity contribution < 1.29 is 9.59 Å². The Kier molecular flexibility index (Phi) is 3.40. The van der Waals surface area contributed by atoms with Gasteiger partial charge in [-0.2, -0.15) is 0 Å². The minimum absolute atomic E-state index is 0.206. The average molecular weight is 277 g/mol. The normalized spacial score (nSPS) is 13.4. The van der Waals surface area contributed by atoms with E-state index >= 15 is 0 Å². The smallest absolute Gasteiger partial charge is 0.259 e. The second kappa shape index (κ2) is 5.37. The van der Waals surface area contributed by atoms with E-state index in [1.165, 1.54) is 0 Å². The first-order valence-corrected chi connectivity index (χ1v) is 6.86. The molecule has 104 valence electrons. The van der Waals surface area contributed by atoms with Crippen LogP contribution in [0.1, 0.15) is 21.5 Å². The maximum absolute atomic E-state index is 12.4. The Morgan fingerprint density at radius 2 is 1.90 bits per heavy atom. The molecule has 1 aliphatic carbocycles. The molecule has 2 aromatic rings. The van der Waals surface area contributed by atoms with Crippen molar-refractivity contribution in [2.24, 2.45) is 0 Å².